The van der Waals surface area contributed by atoms with Gasteiger partial charge in [0.25, 0.3) is 10.0 Å². The summed E-state index contributed by atoms with van der Waals surface area (Å²) in [5, 5.41) is 10.5. The van der Waals surface area contributed by atoms with Gasteiger partial charge in [-0.3, -0.25) is 4.79 Å². The lowest BCUT2D eigenvalue weighted by molar-refractivity contribution is -0.136. The summed E-state index contributed by atoms with van der Waals surface area (Å²) in [7, 11) is -3.98. The van der Waals surface area contributed by atoms with Crippen LogP contribution in [0.15, 0.2) is 47.4 Å². The van der Waals surface area contributed by atoms with Crippen molar-refractivity contribution in [1.29, 1.82) is 0 Å². The van der Waals surface area contributed by atoms with Gasteiger partial charge in [-0.25, -0.2) is 17.4 Å². The summed E-state index contributed by atoms with van der Waals surface area (Å²) < 4.78 is 28.7. The zero-order valence-electron chi connectivity index (χ0n) is 14.3. The first-order valence-corrected chi connectivity index (χ1v) is 10.8. The fourth-order valence-corrected chi connectivity index (χ4v) is 5.72. The molecule has 4 rings (SSSR count). The van der Waals surface area contributed by atoms with E-state index in [4.69, 9.17) is 22.4 Å². The molecule has 0 aliphatic carbocycles. The van der Waals surface area contributed by atoms with Gasteiger partial charge in [-0.2, -0.15) is 0 Å². The predicted molar refractivity (Wildman–Crippen MR) is 110 cm³/mol. The van der Waals surface area contributed by atoms with Crippen LogP contribution in [-0.2, 0) is 21.2 Å². The molecule has 0 bridgehead atoms. The van der Waals surface area contributed by atoms with Gasteiger partial charge in [0.1, 0.15) is 0 Å². The number of benzene rings is 2. The second-order valence-electron chi connectivity index (χ2n) is 6.18. The van der Waals surface area contributed by atoms with E-state index in [-0.39, 0.29) is 17.7 Å². The number of halogens is 1. The Hall–Kier alpha value is -2.62. The van der Waals surface area contributed by atoms with Crippen LogP contribution in [0.3, 0.4) is 0 Å². The molecule has 2 aromatic heterocycles. The van der Waals surface area contributed by atoms with Crippen molar-refractivity contribution in [1.82, 2.24) is 8.96 Å². The number of nitrogen functional groups attached to an aromatic ring is 1. The van der Waals surface area contributed by atoms with Crippen molar-refractivity contribution in [3.8, 4) is 0 Å². The van der Waals surface area contributed by atoms with E-state index >= 15 is 0 Å². The molecule has 2 aromatic carbocycles. The quantitative estimate of drug-likeness (QED) is 0.493. The Morgan fingerprint density at radius 2 is 2.00 bits per heavy atom. The fraction of sp³-hybridized carbons (Fsp3) is 0.111. The standard InChI is InChI=1S/C18H14ClN3O4S2/c19-11-1-5-15-10(7-11)8-12(2-6-17(23)24)22(15)28(25,26)13-3-4-14-16(9-13)27-18(20)21-14/h1,3-5,7-9H,2,6H2,(H2,20,21)(H,23,24). The summed E-state index contributed by atoms with van der Waals surface area (Å²) in [6.45, 7) is 0. The van der Waals surface area contributed by atoms with Gasteiger partial charge in [0.15, 0.2) is 5.13 Å². The molecule has 0 saturated heterocycles. The molecule has 10 heteroatoms. The molecule has 0 saturated carbocycles. The lowest BCUT2D eigenvalue weighted by Gasteiger charge is -2.12. The predicted octanol–water partition coefficient (Wildman–Crippen LogP) is 3.74. The Bertz CT molecular complexity index is 1340. The number of hydrogen-bond acceptors (Lipinski definition) is 6. The van der Waals surface area contributed by atoms with Crippen LogP contribution in [0.1, 0.15) is 12.1 Å². The summed E-state index contributed by atoms with van der Waals surface area (Å²) >= 11 is 7.24. The Labute approximate surface area is 169 Å². The SMILES string of the molecule is Nc1nc2ccc(S(=O)(=O)n3c(CCC(=O)O)cc4cc(Cl)ccc43)cc2s1. The normalized spacial score (nSPS) is 12.0. The number of aromatic nitrogens is 2. The molecule has 4 aromatic rings. The van der Waals surface area contributed by atoms with E-state index in [1.54, 1.807) is 30.3 Å². The van der Waals surface area contributed by atoms with E-state index in [0.717, 1.165) is 0 Å². The second kappa shape index (κ2) is 6.77. The molecule has 3 N–H and O–H groups in total. The molecule has 0 aliphatic rings. The van der Waals surface area contributed by atoms with Crippen LogP contribution in [0.2, 0.25) is 5.02 Å². The van der Waals surface area contributed by atoms with Crippen LogP contribution in [0.25, 0.3) is 21.1 Å². The third kappa shape index (κ3) is 3.21. The van der Waals surface area contributed by atoms with E-state index in [1.165, 1.54) is 27.4 Å². The number of nitrogens with two attached hydrogens (primary N) is 1. The number of carboxylic acid groups (broad SMARTS) is 1. The zero-order valence-corrected chi connectivity index (χ0v) is 16.7. The molecule has 0 atom stereocenters. The summed E-state index contributed by atoms with van der Waals surface area (Å²) in [6.07, 6.45) is -0.124. The Kier molecular flexibility index (Phi) is 4.53. The number of anilines is 1. The van der Waals surface area contributed by atoms with Crippen molar-refractivity contribution >= 4 is 65.2 Å². The number of fused-ring (bicyclic) bond motifs is 2. The minimum absolute atomic E-state index is 0.0661. The maximum Gasteiger partial charge on any atom is 0.303 e. The minimum Gasteiger partial charge on any atom is -0.481 e. The van der Waals surface area contributed by atoms with Crippen LogP contribution < -0.4 is 5.73 Å². The number of hydrogen-bond donors (Lipinski definition) is 2. The fourth-order valence-electron chi connectivity index (χ4n) is 3.10. The van der Waals surface area contributed by atoms with Crippen molar-refractivity contribution in [3.05, 3.63) is 53.2 Å². The third-order valence-corrected chi connectivity index (χ3v) is 7.15. The molecule has 0 unspecified atom stereocenters. The summed E-state index contributed by atoms with van der Waals surface area (Å²) in [4.78, 5) is 15.2. The highest BCUT2D eigenvalue weighted by atomic mass is 35.5. The van der Waals surface area contributed by atoms with E-state index < -0.39 is 16.0 Å². The summed E-state index contributed by atoms with van der Waals surface area (Å²) in [5.41, 5.74) is 7.15. The van der Waals surface area contributed by atoms with Crippen molar-refractivity contribution in [2.75, 3.05) is 5.73 Å². The largest absolute Gasteiger partial charge is 0.481 e. The van der Waals surface area contributed by atoms with Crippen LogP contribution in [0.4, 0.5) is 5.13 Å². The van der Waals surface area contributed by atoms with Crippen LogP contribution >= 0.6 is 22.9 Å². The van der Waals surface area contributed by atoms with Crippen molar-refractivity contribution < 1.29 is 18.3 Å². The number of nitrogens with zero attached hydrogens (tertiary/aromatic N) is 2. The first-order chi connectivity index (χ1) is 13.3. The highest BCUT2D eigenvalue weighted by molar-refractivity contribution is 7.90. The second-order valence-corrected chi connectivity index (χ2v) is 9.47. The van der Waals surface area contributed by atoms with Crippen LogP contribution in [0, 0.1) is 0 Å². The molecule has 0 amide bonds. The average molecular weight is 436 g/mol. The first-order valence-electron chi connectivity index (χ1n) is 8.19. The molecular weight excluding hydrogens is 422 g/mol. The van der Waals surface area contributed by atoms with Gasteiger partial charge in [0.05, 0.1) is 27.0 Å². The summed E-state index contributed by atoms with van der Waals surface area (Å²) in [6, 6.07) is 11.1. The molecule has 0 spiro atoms. The minimum atomic E-state index is -3.98. The van der Waals surface area contributed by atoms with Gasteiger partial charge in [-0.05, 0) is 48.9 Å². The van der Waals surface area contributed by atoms with Gasteiger partial charge in [-0.1, -0.05) is 22.9 Å². The van der Waals surface area contributed by atoms with Crippen LogP contribution in [0.5, 0.6) is 0 Å². The molecule has 7 nitrogen and oxygen atoms in total. The van der Waals surface area contributed by atoms with Crippen molar-refractivity contribution in [2.24, 2.45) is 0 Å². The Morgan fingerprint density at radius 3 is 2.75 bits per heavy atom. The zero-order chi connectivity index (χ0) is 20.1. The molecule has 2 heterocycles. The van der Waals surface area contributed by atoms with Gasteiger partial charge in [0.2, 0.25) is 0 Å². The number of carbonyl (C=O) groups is 1. The maximum atomic E-state index is 13.4. The van der Waals surface area contributed by atoms with E-state index in [2.05, 4.69) is 4.98 Å². The van der Waals surface area contributed by atoms with Crippen LogP contribution in [-0.4, -0.2) is 28.5 Å². The van der Waals surface area contributed by atoms with Gasteiger partial charge >= 0.3 is 5.97 Å². The maximum absolute atomic E-state index is 13.4. The Morgan fingerprint density at radius 1 is 1.21 bits per heavy atom. The highest BCUT2D eigenvalue weighted by Crippen LogP contribution is 2.31. The molecule has 144 valence electrons. The van der Waals surface area contributed by atoms with Gasteiger partial charge in [-0.15, -0.1) is 0 Å². The lowest BCUT2D eigenvalue weighted by atomic mass is 10.2. The number of aliphatic carboxylic acids is 1. The smallest absolute Gasteiger partial charge is 0.303 e. The monoisotopic (exact) mass is 435 g/mol. The average Bonchev–Trinajstić information content (AvgIpc) is 3.17. The lowest BCUT2D eigenvalue weighted by Crippen LogP contribution is -2.16. The van der Waals surface area contributed by atoms with E-state index in [1.807, 2.05) is 0 Å². The number of thiazole rings is 1. The number of carboxylic acids is 1. The van der Waals surface area contributed by atoms with Crippen molar-refractivity contribution in [2.45, 2.75) is 17.7 Å². The highest BCUT2D eigenvalue weighted by Gasteiger charge is 2.24. The number of aryl methyl sites for hydroxylation is 1. The first kappa shape index (κ1) is 18.7. The summed E-state index contributed by atoms with van der Waals surface area (Å²) in [5.74, 6) is -1.01. The number of rotatable bonds is 5. The van der Waals surface area contributed by atoms with Gasteiger partial charge in [0, 0.05) is 16.1 Å². The molecule has 0 fully saturated rings. The van der Waals surface area contributed by atoms with E-state index in [0.29, 0.717) is 37.0 Å². The third-order valence-electron chi connectivity index (χ3n) is 4.30. The van der Waals surface area contributed by atoms with E-state index in [9.17, 15) is 13.2 Å². The molecule has 28 heavy (non-hydrogen) atoms. The van der Waals surface area contributed by atoms with Crippen molar-refractivity contribution in [3.63, 3.8) is 0 Å². The molecule has 0 aliphatic heterocycles. The topological polar surface area (TPSA) is 115 Å². The Balaban J connectivity index is 1.93. The van der Waals surface area contributed by atoms with Gasteiger partial charge < -0.3 is 10.8 Å². The molecule has 0 radical (unpaired) electrons. The molecular formula is C18H14ClN3O4S2.